The van der Waals surface area contributed by atoms with Crippen molar-refractivity contribution >= 4 is 28.4 Å². The zero-order valence-electron chi connectivity index (χ0n) is 11.9. The van der Waals surface area contributed by atoms with Gasteiger partial charge in [-0.05, 0) is 28.7 Å². The molecular weight excluding hydrogens is 381 g/mol. The Morgan fingerprint density at radius 1 is 1.38 bits per heavy atom. The third kappa shape index (κ3) is 2.69. The molecule has 0 saturated heterocycles. The normalized spacial score (nSPS) is 16.4. The fraction of sp³-hybridized carbons (Fsp3) is 0.333. The van der Waals surface area contributed by atoms with Gasteiger partial charge in [0.15, 0.2) is 0 Å². The van der Waals surface area contributed by atoms with Crippen molar-refractivity contribution in [3.63, 3.8) is 0 Å². The van der Waals surface area contributed by atoms with E-state index in [1.807, 2.05) is 25.2 Å². The molecule has 2 aromatic rings. The molecular formula is C15H16IN3O2. The second-order valence-corrected chi connectivity index (χ2v) is 5.85. The first-order chi connectivity index (χ1) is 10.2. The Bertz CT molecular complexity index is 663. The third-order valence-corrected chi connectivity index (χ3v) is 4.60. The number of aromatic nitrogens is 2. The Labute approximate surface area is 137 Å². The Hall–Kier alpha value is -1.41. The van der Waals surface area contributed by atoms with Crippen molar-refractivity contribution in [2.45, 2.75) is 12.5 Å². The topological polar surface area (TPSA) is 56.3 Å². The Balaban J connectivity index is 2.05. The molecule has 0 radical (unpaired) electrons. The van der Waals surface area contributed by atoms with Gasteiger partial charge in [0.2, 0.25) is 0 Å². The summed E-state index contributed by atoms with van der Waals surface area (Å²) in [6.07, 6.45) is 0. The van der Waals surface area contributed by atoms with Crippen LogP contribution >= 0.6 is 22.6 Å². The number of methoxy groups -OCH3 is 1. The minimum Gasteiger partial charge on any atom is -0.492 e. The zero-order chi connectivity index (χ0) is 14.8. The minimum atomic E-state index is 0.0703. The molecule has 1 aromatic heterocycles. The summed E-state index contributed by atoms with van der Waals surface area (Å²) in [6, 6.07) is 8.05. The summed E-state index contributed by atoms with van der Waals surface area (Å²) in [5, 5.41) is 3.13. The maximum atomic E-state index is 5.74. The molecule has 0 spiro atoms. The third-order valence-electron chi connectivity index (χ3n) is 3.47. The highest BCUT2D eigenvalue weighted by atomic mass is 127. The summed E-state index contributed by atoms with van der Waals surface area (Å²) in [5.74, 6) is 2.60. The van der Waals surface area contributed by atoms with Crippen LogP contribution in [0.3, 0.4) is 0 Å². The van der Waals surface area contributed by atoms with Crippen LogP contribution in [0.1, 0.15) is 23.0 Å². The molecule has 1 unspecified atom stereocenters. The van der Waals surface area contributed by atoms with Crippen LogP contribution in [0.2, 0.25) is 0 Å². The van der Waals surface area contributed by atoms with Crippen molar-refractivity contribution in [2.75, 3.05) is 26.1 Å². The van der Waals surface area contributed by atoms with Crippen LogP contribution in [0.15, 0.2) is 24.3 Å². The number of halogens is 1. The van der Waals surface area contributed by atoms with Crippen LogP contribution in [0.4, 0.5) is 5.82 Å². The number of ether oxygens (including phenoxy) is 2. The quantitative estimate of drug-likeness (QED) is 0.805. The highest BCUT2D eigenvalue weighted by Crippen LogP contribution is 2.37. The van der Waals surface area contributed by atoms with Gasteiger partial charge in [0.05, 0.1) is 21.8 Å². The predicted molar refractivity (Wildman–Crippen MR) is 88.8 cm³/mol. The molecule has 3 rings (SSSR count). The van der Waals surface area contributed by atoms with E-state index in [1.165, 1.54) is 0 Å². The number of hydrogen-bond acceptors (Lipinski definition) is 5. The van der Waals surface area contributed by atoms with Crippen LogP contribution in [0, 0.1) is 3.57 Å². The molecule has 6 heteroatoms. The van der Waals surface area contributed by atoms with E-state index in [9.17, 15) is 0 Å². The molecule has 1 atom stereocenters. The van der Waals surface area contributed by atoms with Gasteiger partial charge < -0.3 is 14.8 Å². The largest absolute Gasteiger partial charge is 0.492 e. The summed E-state index contributed by atoms with van der Waals surface area (Å²) >= 11 is 2.25. The second kappa shape index (κ2) is 6.15. The van der Waals surface area contributed by atoms with Crippen molar-refractivity contribution < 1.29 is 9.47 Å². The van der Waals surface area contributed by atoms with Crippen LogP contribution in [0.25, 0.3) is 0 Å². The number of hydrogen-bond donors (Lipinski definition) is 1. The molecule has 1 aromatic carbocycles. The van der Waals surface area contributed by atoms with Gasteiger partial charge >= 0.3 is 0 Å². The lowest BCUT2D eigenvalue weighted by Crippen LogP contribution is -2.13. The molecule has 0 amide bonds. The number of para-hydroxylation sites is 1. The van der Waals surface area contributed by atoms with E-state index in [0.29, 0.717) is 13.2 Å². The van der Waals surface area contributed by atoms with Gasteiger partial charge in [-0.15, -0.1) is 0 Å². The molecule has 1 N–H and O–H groups in total. The molecule has 5 nitrogen and oxygen atoms in total. The van der Waals surface area contributed by atoms with Crippen molar-refractivity contribution in [2.24, 2.45) is 0 Å². The van der Waals surface area contributed by atoms with Crippen LogP contribution in [-0.2, 0) is 11.3 Å². The monoisotopic (exact) mass is 397 g/mol. The fourth-order valence-corrected chi connectivity index (χ4v) is 3.11. The first-order valence-electron chi connectivity index (χ1n) is 6.69. The maximum absolute atomic E-state index is 5.74. The lowest BCUT2D eigenvalue weighted by molar-refractivity contribution is 0.180. The van der Waals surface area contributed by atoms with Gasteiger partial charge in [-0.25, -0.2) is 9.97 Å². The lowest BCUT2D eigenvalue weighted by atomic mass is 10.0. The van der Waals surface area contributed by atoms with E-state index in [4.69, 9.17) is 9.47 Å². The van der Waals surface area contributed by atoms with Crippen molar-refractivity contribution in [1.82, 2.24) is 9.97 Å². The average Bonchev–Trinajstić information content (AvgIpc) is 2.93. The highest BCUT2D eigenvalue weighted by Gasteiger charge is 2.28. The van der Waals surface area contributed by atoms with E-state index < -0.39 is 0 Å². The number of fused-ring (bicyclic) bond motifs is 1. The van der Waals surface area contributed by atoms with Crippen molar-refractivity contribution in [3.05, 3.63) is 44.9 Å². The van der Waals surface area contributed by atoms with Gasteiger partial charge in [0.1, 0.15) is 24.0 Å². The van der Waals surface area contributed by atoms with Crippen molar-refractivity contribution in [3.8, 4) is 5.75 Å². The Kier molecular flexibility index (Phi) is 4.25. The molecule has 21 heavy (non-hydrogen) atoms. The molecule has 110 valence electrons. The van der Waals surface area contributed by atoms with E-state index >= 15 is 0 Å². The first kappa shape index (κ1) is 14.5. The van der Waals surface area contributed by atoms with Gasteiger partial charge in [-0.1, -0.05) is 18.2 Å². The van der Waals surface area contributed by atoms with E-state index in [-0.39, 0.29) is 5.92 Å². The maximum Gasteiger partial charge on any atom is 0.143 e. The molecule has 0 fully saturated rings. The van der Waals surface area contributed by atoms with Crippen molar-refractivity contribution in [1.29, 1.82) is 0 Å². The Morgan fingerprint density at radius 2 is 2.19 bits per heavy atom. The SMILES string of the molecule is CNc1nc(C2COc3ccccc32)nc(COC)c1I. The van der Waals surface area contributed by atoms with Crippen LogP contribution < -0.4 is 10.1 Å². The fourth-order valence-electron chi connectivity index (χ4n) is 2.44. The average molecular weight is 397 g/mol. The lowest BCUT2D eigenvalue weighted by Gasteiger charge is -2.14. The summed E-state index contributed by atoms with van der Waals surface area (Å²) in [7, 11) is 3.54. The summed E-state index contributed by atoms with van der Waals surface area (Å²) in [5.41, 5.74) is 2.04. The van der Waals surface area contributed by atoms with Gasteiger partial charge in [-0.3, -0.25) is 0 Å². The van der Waals surface area contributed by atoms with Crippen LogP contribution in [0.5, 0.6) is 5.75 Å². The first-order valence-corrected chi connectivity index (χ1v) is 7.77. The summed E-state index contributed by atoms with van der Waals surface area (Å²) in [6.45, 7) is 1.05. The van der Waals surface area contributed by atoms with Gasteiger partial charge in [-0.2, -0.15) is 0 Å². The predicted octanol–water partition coefficient (Wildman–Crippen LogP) is 2.79. The molecule has 0 saturated carbocycles. The summed E-state index contributed by atoms with van der Waals surface area (Å²) in [4.78, 5) is 9.34. The van der Waals surface area contributed by atoms with E-state index in [2.05, 4.69) is 43.9 Å². The Morgan fingerprint density at radius 3 is 2.95 bits per heavy atom. The smallest absolute Gasteiger partial charge is 0.143 e. The second-order valence-electron chi connectivity index (χ2n) is 4.78. The zero-order valence-corrected chi connectivity index (χ0v) is 14.0. The van der Waals surface area contributed by atoms with Gasteiger partial charge in [0, 0.05) is 19.7 Å². The van der Waals surface area contributed by atoms with E-state index in [0.717, 1.165) is 32.2 Å². The molecule has 2 heterocycles. The summed E-state index contributed by atoms with van der Waals surface area (Å²) < 4.78 is 12.0. The highest BCUT2D eigenvalue weighted by molar-refractivity contribution is 14.1. The minimum absolute atomic E-state index is 0.0703. The van der Waals surface area contributed by atoms with E-state index in [1.54, 1.807) is 7.11 Å². The molecule has 1 aliphatic heterocycles. The number of rotatable bonds is 4. The standard InChI is InChI=1S/C15H16IN3O2/c1-17-15-13(16)11(8-20-2)18-14(19-15)10-7-21-12-6-4-3-5-9(10)12/h3-6,10H,7-8H2,1-2H3,(H,17,18,19). The number of benzene rings is 1. The number of nitrogens with one attached hydrogen (secondary N) is 1. The number of nitrogens with zero attached hydrogens (tertiary/aromatic N) is 2. The molecule has 0 aliphatic carbocycles. The molecule has 1 aliphatic rings. The molecule has 0 bridgehead atoms. The van der Waals surface area contributed by atoms with Crippen LogP contribution in [-0.4, -0.2) is 30.7 Å². The van der Waals surface area contributed by atoms with Gasteiger partial charge in [0.25, 0.3) is 0 Å². The number of anilines is 1.